The van der Waals surface area contributed by atoms with E-state index in [2.05, 4.69) is 22.4 Å². The number of carbonyl (C=O) groups excluding carboxylic acids is 1. The summed E-state index contributed by atoms with van der Waals surface area (Å²) < 4.78 is 0. The van der Waals surface area contributed by atoms with Gasteiger partial charge >= 0.3 is 0 Å². The minimum atomic E-state index is 0.0582. The minimum absolute atomic E-state index is 0.0582. The van der Waals surface area contributed by atoms with E-state index in [1.165, 1.54) is 11.3 Å². The zero-order chi connectivity index (χ0) is 12.8. The minimum Gasteiger partial charge on any atom is -0.353 e. The van der Waals surface area contributed by atoms with Crippen LogP contribution in [0.4, 0.5) is 5.13 Å². The molecule has 0 bridgehead atoms. The Kier molecular flexibility index (Phi) is 4.41. The van der Waals surface area contributed by atoms with Gasteiger partial charge in [0.2, 0.25) is 5.13 Å². The van der Waals surface area contributed by atoms with Gasteiger partial charge in [-0.05, 0) is 6.42 Å². The fourth-order valence-electron chi connectivity index (χ4n) is 1.52. The third-order valence-corrected chi connectivity index (χ3v) is 3.37. The molecule has 0 fully saturated rings. The zero-order valence-corrected chi connectivity index (χ0v) is 11.0. The predicted octanol–water partition coefficient (Wildman–Crippen LogP) is 2.79. The molecule has 0 unspecified atom stereocenters. The Morgan fingerprint density at radius 3 is 2.78 bits per heavy atom. The van der Waals surface area contributed by atoms with E-state index in [1.54, 1.807) is 0 Å². The Balaban J connectivity index is 1.89. The Morgan fingerprint density at radius 1 is 1.28 bits per heavy atom. The van der Waals surface area contributed by atoms with Crippen LogP contribution in [0.2, 0.25) is 0 Å². The zero-order valence-electron chi connectivity index (χ0n) is 10.2. The highest BCUT2D eigenvalue weighted by Gasteiger charge is 2.07. The van der Waals surface area contributed by atoms with E-state index < -0.39 is 0 Å². The van der Waals surface area contributed by atoms with Crippen LogP contribution in [0.5, 0.6) is 0 Å². The largest absolute Gasteiger partial charge is 0.353 e. The van der Waals surface area contributed by atoms with Gasteiger partial charge < -0.3 is 5.32 Å². The lowest BCUT2D eigenvalue weighted by atomic mass is 10.1. The Hall–Kier alpha value is -1.75. The molecule has 1 N–H and O–H groups in total. The van der Waals surface area contributed by atoms with E-state index in [-0.39, 0.29) is 12.3 Å². The molecule has 4 nitrogen and oxygen atoms in total. The number of nitrogens with zero attached hydrogens (tertiary/aromatic N) is 2. The molecule has 0 saturated heterocycles. The Morgan fingerprint density at radius 2 is 2.06 bits per heavy atom. The molecular formula is C13H15N3OS. The first-order valence-corrected chi connectivity index (χ1v) is 6.75. The van der Waals surface area contributed by atoms with Crippen molar-refractivity contribution in [1.82, 2.24) is 10.2 Å². The van der Waals surface area contributed by atoms with Crippen LogP contribution in [0.15, 0.2) is 30.3 Å². The van der Waals surface area contributed by atoms with Crippen molar-refractivity contribution < 1.29 is 4.79 Å². The van der Waals surface area contributed by atoms with Crippen LogP contribution in [-0.4, -0.2) is 22.5 Å². The van der Waals surface area contributed by atoms with Crippen LogP contribution in [-0.2, 0) is 6.42 Å². The van der Waals surface area contributed by atoms with Gasteiger partial charge in [0, 0.05) is 12.0 Å². The molecule has 0 radical (unpaired) electrons. The second-order valence-electron chi connectivity index (χ2n) is 3.89. The summed E-state index contributed by atoms with van der Waals surface area (Å²) in [6, 6.07) is 9.24. The molecule has 2 aromatic rings. The molecule has 1 aromatic carbocycles. The fraction of sp³-hybridized carbons (Fsp3) is 0.308. The number of aryl methyl sites for hydroxylation is 1. The smallest absolute Gasteiger partial charge is 0.206 e. The molecule has 1 heterocycles. The molecule has 0 saturated carbocycles. The average molecular weight is 261 g/mol. The summed E-state index contributed by atoms with van der Waals surface area (Å²) in [5.74, 6) is 0.0582. The van der Waals surface area contributed by atoms with E-state index in [4.69, 9.17) is 0 Å². The van der Waals surface area contributed by atoms with Gasteiger partial charge in [0.25, 0.3) is 0 Å². The normalized spacial score (nSPS) is 10.3. The Bertz CT molecular complexity index is 510. The van der Waals surface area contributed by atoms with E-state index in [0.717, 1.165) is 17.8 Å². The number of aromatic nitrogens is 2. The number of rotatable bonds is 6. The summed E-state index contributed by atoms with van der Waals surface area (Å²) in [7, 11) is 0. The second-order valence-corrected chi connectivity index (χ2v) is 4.96. The third-order valence-electron chi connectivity index (χ3n) is 2.43. The molecule has 18 heavy (non-hydrogen) atoms. The third kappa shape index (κ3) is 3.37. The van der Waals surface area contributed by atoms with Crippen molar-refractivity contribution in [1.29, 1.82) is 0 Å². The molecule has 5 heteroatoms. The van der Waals surface area contributed by atoms with E-state index >= 15 is 0 Å². The number of anilines is 1. The highest BCUT2D eigenvalue weighted by atomic mass is 32.1. The van der Waals surface area contributed by atoms with Crippen LogP contribution in [0.3, 0.4) is 0 Å². The lowest BCUT2D eigenvalue weighted by Crippen LogP contribution is -2.13. The van der Waals surface area contributed by atoms with E-state index in [9.17, 15) is 4.79 Å². The second kappa shape index (κ2) is 6.26. The highest BCUT2D eigenvalue weighted by Crippen LogP contribution is 2.16. The van der Waals surface area contributed by atoms with Crippen molar-refractivity contribution in [2.45, 2.75) is 19.8 Å². The lowest BCUT2D eigenvalue weighted by molar-refractivity contribution is 0.101. The van der Waals surface area contributed by atoms with E-state index in [0.29, 0.717) is 10.7 Å². The number of hydrogen-bond donors (Lipinski definition) is 1. The molecule has 0 aliphatic heterocycles. The molecular weight excluding hydrogens is 246 g/mol. The van der Waals surface area contributed by atoms with E-state index in [1.807, 2.05) is 30.3 Å². The number of ketones is 1. The number of hydrogen-bond acceptors (Lipinski definition) is 5. The van der Waals surface area contributed by atoms with Gasteiger partial charge in [0.1, 0.15) is 5.01 Å². The van der Waals surface area contributed by atoms with Gasteiger partial charge in [-0.15, -0.1) is 10.2 Å². The highest BCUT2D eigenvalue weighted by molar-refractivity contribution is 7.15. The molecule has 0 spiro atoms. The summed E-state index contributed by atoms with van der Waals surface area (Å²) in [6.07, 6.45) is 1.99. The van der Waals surface area contributed by atoms with Gasteiger partial charge in [-0.25, -0.2) is 0 Å². The summed E-state index contributed by atoms with van der Waals surface area (Å²) in [5, 5.41) is 12.8. The van der Waals surface area contributed by atoms with Gasteiger partial charge in [-0.1, -0.05) is 48.6 Å². The lowest BCUT2D eigenvalue weighted by Gasteiger charge is -2.01. The van der Waals surface area contributed by atoms with Gasteiger partial charge in [-0.2, -0.15) is 0 Å². The number of benzene rings is 1. The summed E-state index contributed by atoms with van der Waals surface area (Å²) in [5.41, 5.74) is 0.711. The van der Waals surface area contributed by atoms with Crippen LogP contribution in [0.25, 0.3) is 0 Å². The number of nitrogens with one attached hydrogen (secondary N) is 1. The SMILES string of the molecule is CCCc1nnc(NCC(=O)c2ccccc2)s1. The van der Waals surface area contributed by atoms with Gasteiger partial charge in [0.15, 0.2) is 5.78 Å². The van der Waals surface area contributed by atoms with Crippen LogP contribution in [0.1, 0.15) is 28.7 Å². The summed E-state index contributed by atoms with van der Waals surface area (Å²) >= 11 is 1.51. The summed E-state index contributed by atoms with van der Waals surface area (Å²) in [4.78, 5) is 11.8. The van der Waals surface area contributed by atoms with Crippen molar-refractivity contribution in [3.63, 3.8) is 0 Å². The molecule has 0 atom stereocenters. The summed E-state index contributed by atoms with van der Waals surface area (Å²) in [6.45, 7) is 2.36. The monoisotopic (exact) mass is 261 g/mol. The molecule has 2 rings (SSSR count). The van der Waals surface area contributed by atoms with Crippen molar-refractivity contribution in [2.24, 2.45) is 0 Å². The number of Topliss-reactive ketones (excluding diaryl/α,β-unsaturated/α-hetero) is 1. The first-order valence-electron chi connectivity index (χ1n) is 5.94. The van der Waals surface area contributed by atoms with Crippen LogP contribution >= 0.6 is 11.3 Å². The standard InChI is InChI=1S/C13H15N3OS/c1-2-6-12-15-16-13(18-12)14-9-11(17)10-7-4-3-5-8-10/h3-5,7-8H,2,6,9H2,1H3,(H,14,16). The van der Waals surface area contributed by atoms with Crippen LogP contribution < -0.4 is 5.32 Å². The van der Waals surface area contributed by atoms with Crippen molar-refractivity contribution in [3.05, 3.63) is 40.9 Å². The molecule has 94 valence electrons. The fourth-order valence-corrected chi connectivity index (χ4v) is 2.36. The van der Waals surface area contributed by atoms with Crippen molar-refractivity contribution in [3.8, 4) is 0 Å². The first-order chi connectivity index (χ1) is 8.79. The average Bonchev–Trinajstić information content (AvgIpc) is 2.85. The van der Waals surface area contributed by atoms with Gasteiger partial charge in [-0.3, -0.25) is 4.79 Å². The quantitative estimate of drug-likeness (QED) is 0.812. The molecule has 0 aliphatic rings. The molecule has 1 aromatic heterocycles. The predicted molar refractivity (Wildman–Crippen MR) is 73.2 cm³/mol. The van der Waals surface area contributed by atoms with Gasteiger partial charge in [0.05, 0.1) is 6.54 Å². The molecule has 0 amide bonds. The van der Waals surface area contributed by atoms with Crippen molar-refractivity contribution >= 4 is 22.3 Å². The molecule has 0 aliphatic carbocycles. The number of carbonyl (C=O) groups is 1. The van der Waals surface area contributed by atoms with Crippen LogP contribution in [0, 0.1) is 0 Å². The first kappa shape index (κ1) is 12.7. The Labute approximate surface area is 110 Å². The maximum Gasteiger partial charge on any atom is 0.206 e. The topological polar surface area (TPSA) is 54.9 Å². The maximum absolute atomic E-state index is 11.8. The maximum atomic E-state index is 11.8. The van der Waals surface area contributed by atoms with Crippen molar-refractivity contribution in [2.75, 3.05) is 11.9 Å².